The van der Waals surface area contributed by atoms with Crippen LogP contribution in [0.25, 0.3) is 16.7 Å². The molecule has 0 spiro atoms. The molecule has 0 saturated carbocycles. The zero-order chi connectivity index (χ0) is 11.0. The standard InChI is InChI=1S/C11H7ClN4/c12-11-13-6-8-7-16(15-10(8)14-11)9-4-2-1-3-5-9/h1-7H. The molecule has 0 fully saturated rings. The predicted octanol–water partition coefficient (Wildman–Crippen LogP) is 2.47. The summed E-state index contributed by atoms with van der Waals surface area (Å²) >= 11 is 5.70. The fraction of sp³-hybridized carbons (Fsp3) is 0. The van der Waals surface area contributed by atoms with Crippen LogP contribution in [-0.4, -0.2) is 19.7 Å². The quantitative estimate of drug-likeness (QED) is 0.603. The number of nitrogens with zero attached hydrogens (tertiary/aromatic N) is 4. The summed E-state index contributed by atoms with van der Waals surface area (Å²) < 4.78 is 1.76. The largest absolute Gasteiger partial charge is 0.238 e. The summed E-state index contributed by atoms with van der Waals surface area (Å²) in [4.78, 5) is 7.96. The Bertz CT molecular complexity index is 633. The lowest BCUT2D eigenvalue weighted by Crippen LogP contribution is -1.93. The number of halogens is 1. The normalized spacial score (nSPS) is 10.8. The van der Waals surface area contributed by atoms with Crippen molar-refractivity contribution in [2.75, 3.05) is 0 Å². The maximum atomic E-state index is 5.70. The lowest BCUT2D eigenvalue weighted by Gasteiger charge is -1.97. The van der Waals surface area contributed by atoms with Crippen molar-refractivity contribution in [1.82, 2.24) is 19.7 Å². The monoisotopic (exact) mass is 230 g/mol. The second-order valence-electron chi connectivity index (χ2n) is 3.33. The second kappa shape index (κ2) is 3.57. The van der Waals surface area contributed by atoms with Crippen LogP contribution in [-0.2, 0) is 0 Å². The summed E-state index contributed by atoms with van der Waals surface area (Å²) in [7, 11) is 0. The Morgan fingerprint density at radius 1 is 1.12 bits per heavy atom. The smallest absolute Gasteiger partial charge is 0.224 e. The van der Waals surface area contributed by atoms with E-state index in [0.717, 1.165) is 11.1 Å². The van der Waals surface area contributed by atoms with E-state index >= 15 is 0 Å². The van der Waals surface area contributed by atoms with E-state index in [-0.39, 0.29) is 5.28 Å². The Morgan fingerprint density at radius 3 is 2.75 bits per heavy atom. The zero-order valence-corrected chi connectivity index (χ0v) is 8.96. The van der Waals surface area contributed by atoms with Gasteiger partial charge in [-0.1, -0.05) is 18.2 Å². The highest BCUT2D eigenvalue weighted by Gasteiger charge is 2.04. The molecule has 0 unspecified atom stereocenters. The van der Waals surface area contributed by atoms with Crippen LogP contribution < -0.4 is 0 Å². The van der Waals surface area contributed by atoms with Crippen LogP contribution >= 0.6 is 11.6 Å². The Labute approximate surface area is 96.5 Å². The molecular weight excluding hydrogens is 224 g/mol. The third kappa shape index (κ3) is 1.53. The van der Waals surface area contributed by atoms with Gasteiger partial charge in [-0.15, -0.1) is 5.10 Å². The van der Waals surface area contributed by atoms with Crippen LogP contribution in [0.3, 0.4) is 0 Å². The average Bonchev–Trinajstić information content (AvgIpc) is 2.73. The second-order valence-corrected chi connectivity index (χ2v) is 3.67. The Hall–Kier alpha value is -1.94. The molecule has 1 aromatic carbocycles. The van der Waals surface area contributed by atoms with Gasteiger partial charge in [-0.3, -0.25) is 0 Å². The molecule has 3 rings (SSSR count). The van der Waals surface area contributed by atoms with Crippen molar-refractivity contribution >= 4 is 22.6 Å². The van der Waals surface area contributed by atoms with Crippen LogP contribution in [0.5, 0.6) is 0 Å². The van der Waals surface area contributed by atoms with Gasteiger partial charge in [-0.05, 0) is 23.7 Å². The number of aromatic nitrogens is 4. The molecule has 0 N–H and O–H groups in total. The molecular formula is C11H7ClN4. The van der Waals surface area contributed by atoms with E-state index in [1.165, 1.54) is 0 Å². The van der Waals surface area contributed by atoms with Gasteiger partial charge >= 0.3 is 0 Å². The van der Waals surface area contributed by atoms with Gasteiger partial charge in [0.2, 0.25) is 5.28 Å². The molecule has 0 aliphatic heterocycles. The van der Waals surface area contributed by atoms with Gasteiger partial charge in [0.25, 0.3) is 0 Å². The zero-order valence-electron chi connectivity index (χ0n) is 8.21. The summed E-state index contributed by atoms with van der Waals surface area (Å²) in [5.74, 6) is 0. The molecule has 2 aromatic heterocycles. The number of rotatable bonds is 1. The summed E-state index contributed by atoms with van der Waals surface area (Å²) in [5, 5.41) is 5.41. The summed E-state index contributed by atoms with van der Waals surface area (Å²) in [6.07, 6.45) is 3.54. The molecule has 78 valence electrons. The first kappa shape index (κ1) is 9.30. The lowest BCUT2D eigenvalue weighted by atomic mass is 10.3. The first-order valence-corrected chi connectivity index (χ1v) is 5.14. The van der Waals surface area contributed by atoms with E-state index in [9.17, 15) is 0 Å². The van der Waals surface area contributed by atoms with Gasteiger partial charge in [-0.2, -0.15) is 4.98 Å². The maximum Gasteiger partial charge on any atom is 0.224 e. The molecule has 3 aromatic rings. The van der Waals surface area contributed by atoms with Gasteiger partial charge in [0.1, 0.15) is 0 Å². The van der Waals surface area contributed by atoms with Crippen molar-refractivity contribution in [2.24, 2.45) is 0 Å². The minimum Gasteiger partial charge on any atom is -0.238 e. The van der Waals surface area contributed by atoms with Crippen LogP contribution in [0.4, 0.5) is 0 Å². The summed E-state index contributed by atoms with van der Waals surface area (Å²) in [6.45, 7) is 0. The maximum absolute atomic E-state index is 5.70. The molecule has 0 aliphatic rings. The first-order chi connectivity index (χ1) is 7.83. The topological polar surface area (TPSA) is 43.6 Å². The number of para-hydroxylation sites is 1. The molecule has 0 amide bonds. The van der Waals surface area contributed by atoms with Crippen molar-refractivity contribution in [1.29, 1.82) is 0 Å². The minimum absolute atomic E-state index is 0.214. The number of benzene rings is 1. The molecule has 5 heteroatoms. The Kier molecular flexibility index (Phi) is 2.08. The van der Waals surface area contributed by atoms with Gasteiger partial charge in [0.05, 0.1) is 11.1 Å². The minimum atomic E-state index is 0.214. The van der Waals surface area contributed by atoms with E-state index in [0.29, 0.717) is 5.65 Å². The van der Waals surface area contributed by atoms with E-state index in [2.05, 4.69) is 15.1 Å². The summed E-state index contributed by atoms with van der Waals surface area (Å²) in [5.41, 5.74) is 1.58. The number of fused-ring (bicyclic) bond motifs is 1. The van der Waals surface area contributed by atoms with Crippen LogP contribution in [0.1, 0.15) is 0 Å². The van der Waals surface area contributed by atoms with E-state index in [4.69, 9.17) is 11.6 Å². The van der Waals surface area contributed by atoms with Crippen molar-refractivity contribution < 1.29 is 0 Å². The van der Waals surface area contributed by atoms with Crippen molar-refractivity contribution in [3.8, 4) is 5.69 Å². The first-order valence-electron chi connectivity index (χ1n) is 4.76. The molecule has 0 aliphatic carbocycles. The van der Waals surface area contributed by atoms with Crippen molar-refractivity contribution in [2.45, 2.75) is 0 Å². The molecule has 0 radical (unpaired) electrons. The predicted molar refractivity (Wildman–Crippen MR) is 61.7 cm³/mol. The molecule has 16 heavy (non-hydrogen) atoms. The van der Waals surface area contributed by atoms with E-state index in [1.807, 2.05) is 36.5 Å². The lowest BCUT2D eigenvalue weighted by molar-refractivity contribution is 0.889. The fourth-order valence-corrected chi connectivity index (χ4v) is 1.64. The van der Waals surface area contributed by atoms with Crippen molar-refractivity contribution in [3.63, 3.8) is 0 Å². The molecule has 0 bridgehead atoms. The highest BCUT2D eigenvalue weighted by Crippen LogP contribution is 2.14. The van der Waals surface area contributed by atoms with Gasteiger partial charge < -0.3 is 0 Å². The van der Waals surface area contributed by atoms with Gasteiger partial charge in [0.15, 0.2) is 5.65 Å². The molecule has 4 nitrogen and oxygen atoms in total. The van der Waals surface area contributed by atoms with Crippen LogP contribution in [0, 0.1) is 0 Å². The van der Waals surface area contributed by atoms with E-state index < -0.39 is 0 Å². The van der Waals surface area contributed by atoms with Crippen LogP contribution in [0.2, 0.25) is 5.28 Å². The molecule has 2 heterocycles. The molecule has 0 saturated heterocycles. The average molecular weight is 231 g/mol. The van der Waals surface area contributed by atoms with Gasteiger partial charge in [-0.25, -0.2) is 9.67 Å². The number of hydrogen-bond donors (Lipinski definition) is 0. The SMILES string of the molecule is Clc1ncc2cn(-c3ccccc3)nc2n1. The summed E-state index contributed by atoms with van der Waals surface area (Å²) in [6, 6.07) is 9.83. The number of hydrogen-bond acceptors (Lipinski definition) is 3. The molecule has 0 atom stereocenters. The van der Waals surface area contributed by atoms with Crippen molar-refractivity contribution in [3.05, 3.63) is 48.0 Å². The van der Waals surface area contributed by atoms with Gasteiger partial charge in [0, 0.05) is 12.4 Å². The Morgan fingerprint density at radius 2 is 1.94 bits per heavy atom. The third-order valence-electron chi connectivity index (χ3n) is 2.25. The van der Waals surface area contributed by atoms with E-state index in [1.54, 1.807) is 10.9 Å². The third-order valence-corrected chi connectivity index (χ3v) is 2.43. The highest BCUT2D eigenvalue weighted by molar-refractivity contribution is 6.28. The van der Waals surface area contributed by atoms with Crippen LogP contribution in [0.15, 0.2) is 42.7 Å². The highest BCUT2D eigenvalue weighted by atomic mass is 35.5. The Balaban J connectivity index is 2.19. The fourth-order valence-electron chi connectivity index (χ4n) is 1.51.